The van der Waals surface area contributed by atoms with Crippen molar-refractivity contribution in [2.75, 3.05) is 6.61 Å². The van der Waals surface area contributed by atoms with Crippen LogP contribution in [0.1, 0.15) is 57.1 Å². The molecule has 0 spiro atoms. The summed E-state index contributed by atoms with van der Waals surface area (Å²) in [4.78, 5) is 9.60. The first-order chi connectivity index (χ1) is 12.1. The van der Waals surface area contributed by atoms with Crippen LogP contribution < -0.4 is 0 Å². The lowest BCUT2D eigenvalue weighted by Gasteiger charge is -1.98. The standard InChI is InChI=1S/C13H10.C5H11O.C4H8O2/c1-3-7-12-10(5-1)9-11-6-2-4-8-13(11)12;1-2-3-4-5-6;1-2-3-4(5)6/h1-8H,9H2;2-5H2,1H3;2-3H2,1H3,(H,5,6). The van der Waals surface area contributed by atoms with Crippen LogP contribution in [0, 0.1) is 0 Å². The number of aliphatic carboxylic acids is 1. The normalized spacial score (nSPS) is 10.5. The highest BCUT2D eigenvalue weighted by molar-refractivity contribution is 5.76. The lowest BCUT2D eigenvalue weighted by atomic mass is 10.1. The molecule has 1 aliphatic carbocycles. The largest absolute Gasteiger partial charge is 0.481 e. The predicted octanol–water partition coefficient (Wildman–Crippen LogP) is 5.74. The van der Waals surface area contributed by atoms with Gasteiger partial charge < -0.3 is 5.11 Å². The summed E-state index contributed by atoms with van der Waals surface area (Å²) in [7, 11) is 0. The number of hydrogen-bond acceptors (Lipinski definition) is 1. The van der Waals surface area contributed by atoms with Gasteiger partial charge in [0, 0.05) is 6.42 Å². The molecule has 1 aliphatic rings. The zero-order chi connectivity index (χ0) is 18.5. The van der Waals surface area contributed by atoms with E-state index in [1.54, 1.807) is 0 Å². The van der Waals surface area contributed by atoms with E-state index in [0.717, 1.165) is 32.1 Å². The zero-order valence-corrected chi connectivity index (χ0v) is 15.3. The Bertz CT molecular complexity index is 587. The second-order valence-corrected chi connectivity index (χ2v) is 6.05. The minimum Gasteiger partial charge on any atom is -0.481 e. The third-order valence-corrected chi connectivity index (χ3v) is 3.92. The van der Waals surface area contributed by atoms with Crippen LogP contribution in [-0.2, 0) is 16.3 Å². The van der Waals surface area contributed by atoms with Gasteiger partial charge in [0.15, 0.2) is 0 Å². The van der Waals surface area contributed by atoms with Crippen molar-refractivity contribution in [2.45, 2.75) is 52.4 Å². The Kier molecular flexibility index (Phi) is 10.3. The number of unbranched alkanes of at least 4 members (excludes halogenated alkanes) is 2. The van der Waals surface area contributed by atoms with E-state index in [9.17, 15) is 9.90 Å². The van der Waals surface area contributed by atoms with Crippen LogP contribution in [0.2, 0.25) is 0 Å². The lowest BCUT2D eigenvalue weighted by Crippen LogP contribution is -1.90. The monoisotopic (exact) mass is 341 g/mol. The summed E-state index contributed by atoms with van der Waals surface area (Å²) in [6.07, 6.45) is 5.24. The van der Waals surface area contributed by atoms with E-state index in [-0.39, 0.29) is 6.61 Å². The van der Waals surface area contributed by atoms with Gasteiger partial charge in [0.1, 0.15) is 0 Å². The molecule has 0 unspecified atom stereocenters. The molecule has 0 fully saturated rings. The highest BCUT2D eigenvalue weighted by atomic mass is 16.4. The van der Waals surface area contributed by atoms with E-state index in [0.29, 0.717) is 6.42 Å². The number of carboxylic acid groups (broad SMARTS) is 1. The SMILES string of the molecule is CCCC(=O)O.CCCCC[O].c1ccc2c(c1)Cc1ccccc1-2. The average molecular weight is 341 g/mol. The summed E-state index contributed by atoms with van der Waals surface area (Å²) in [5.41, 5.74) is 5.75. The molecular formula is C22H29O3. The number of rotatable bonds is 5. The number of carboxylic acids is 1. The number of benzene rings is 2. The van der Waals surface area contributed by atoms with Crippen LogP contribution in [0.5, 0.6) is 0 Å². The molecule has 3 nitrogen and oxygen atoms in total. The molecule has 0 aliphatic heterocycles. The van der Waals surface area contributed by atoms with Crippen molar-refractivity contribution in [1.82, 2.24) is 0 Å². The molecule has 0 bridgehead atoms. The second-order valence-electron chi connectivity index (χ2n) is 6.05. The summed E-state index contributed by atoms with van der Waals surface area (Å²) in [6.45, 7) is 4.04. The first kappa shape index (κ1) is 20.9. The van der Waals surface area contributed by atoms with Crippen molar-refractivity contribution in [3.8, 4) is 11.1 Å². The Morgan fingerprint density at radius 3 is 1.72 bits per heavy atom. The maximum absolute atomic E-state index is 9.69. The molecule has 0 saturated carbocycles. The Hall–Kier alpha value is -2.13. The minimum absolute atomic E-state index is 0.105. The van der Waals surface area contributed by atoms with Crippen LogP contribution in [0.25, 0.3) is 11.1 Å². The smallest absolute Gasteiger partial charge is 0.303 e. The lowest BCUT2D eigenvalue weighted by molar-refractivity contribution is -0.137. The average Bonchev–Trinajstić information content (AvgIpc) is 2.99. The Labute approximate surface area is 151 Å². The van der Waals surface area contributed by atoms with Crippen molar-refractivity contribution in [2.24, 2.45) is 0 Å². The summed E-state index contributed by atoms with van der Waals surface area (Å²) in [5, 5.41) is 17.6. The number of carbonyl (C=O) groups is 1. The molecular weight excluding hydrogens is 312 g/mol. The molecule has 135 valence electrons. The van der Waals surface area contributed by atoms with Gasteiger partial charge >= 0.3 is 5.97 Å². The van der Waals surface area contributed by atoms with E-state index in [1.165, 1.54) is 22.3 Å². The van der Waals surface area contributed by atoms with Crippen molar-refractivity contribution in [3.63, 3.8) is 0 Å². The molecule has 0 aromatic heterocycles. The van der Waals surface area contributed by atoms with E-state index in [4.69, 9.17) is 5.11 Å². The molecule has 3 heteroatoms. The Balaban J connectivity index is 0.000000222. The third-order valence-electron chi connectivity index (χ3n) is 3.92. The van der Waals surface area contributed by atoms with Crippen LogP contribution in [0.15, 0.2) is 48.5 Å². The maximum atomic E-state index is 9.69. The zero-order valence-electron chi connectivity index (χ0n) is 15.3. The number of hydrogen-bond donors (Lipinski definition) is 1. The molecule has 0 saturated heterocycles. The van der Waals surface area contributed by atoms with Gasteiger partial charge in [0.05, 0.1) is 6.61 Å². The molecule has 1 radical (unpaired) electrons. The van der Waals surface area contributed by atoms with Gasteiger partial charge in [0.2, 0.25) is 0 Å². The molecule has 0 atom stereocenters. The van der Waals surface area contributed by atoms with Crippen LogP contribution >= 0.6 is 0 Å². The van der Waals surface area contributed by atoms with E-state index >= 15 is 0 Å². The fourth-order valence-electron chi connectivity index (χ4n) is 2.65. The van der Waals surface area contributed by atoms with Gasteiger partial charge in [-0.2, -0.15) is 0 Å². The molecule has 2 aromatic rings. The molecule has 1 N–H and O–H groups in total. The summed E-state index contributed by atoms with van der Waals surface area (Å²) >= 11 is 0. The molecule has 3 rings (SSSR count). The second kappa shape index (κ2) is 12.3. The van der Waals surface area contributed by atoms with Gasteiger partial charge in [0.25, 0.3) is 0 Å². The maximum Gasteiger partial charge on any atom is 0.303 e. The first-order valence-corrected chi connectivity index (χ1v) is 9.10. The molecule has 0 heterocycles. The van der Waals surface area contributed by atoms with Crippen molar-refractivity contribution >= 4 is 5.97 Å². The molecule has 25 heavy (non-hydrogen) atoms. The fraction of sp³-hybridized carbons (Fsp3) is 0.409. The van der Waals surface area contributed by atoms with Crippen LogP contribution in [0.3, 0.4) is 0 Å². The highest BCUT2D eigenvalue weighted by Gasteiger charge is 2.15. The van der Waals surface area contributed by atoms with Gasteiger partial charge in [-0.3, -0.25) is 4.79 Å². The molecule has 0 amide bonds. The van der Waals surface area contributed by atoms with Crippen molar-refractivity contribution in [3.05, 3.63) is 59.7 Å². The van der Waals surface area contributed by atoms with Crippen LogP contribution in [0.4, 0.5) is 0 Å². The summed E-state index contributed by atoms with van der Waals surface area (Å²) in [6, 6.07) is 17.3. The van der Waals surface area contributed by atoms with Gasteiger partial charge in [-0.1, -0.05) is 75.2 Å². The Morgan fingerprint density at radius 2 is 1.40 bits per heavy atom. The number of fused-ring (bicyclic) bond motifs is 3. The summed E-state index contributed by atoms with van der Waals surface area (Å²) < 4.78 is 0. The molecule has 2 aromatic carbocycles. The Morgan fingerprint density at radius 1 is 0.880 bits per heavy atom. The van der Waals surface area contributed by atoms with Crippen molar-refractivity contribution < 1.29 is 15.0 Å². The third kappa shape index (κ3) is 7.53. The quantitative estimate of drug-likeness (QED) is 0.602. The first-order valence-electron chi connectivity index (χ1n) is 9.10. The van der Waals surface area contributed by atoms with E-state index < -0.39 is 5.97 Å². The van der Waals surface area contributed by atoms with Crippen LogP contribution in [-0.4, -0.2) is 17.7 Å². The van der Waals surface area contributed by atoms with E-state index in [1.807, 2.05) is 6.92 Å². The van der Waals surface area contributed by atoms with Crippen molar-refractivity contribution in [1.29, 1.82) is 0 Å². The van der Waals surface area contributed by atoms with Gasteiger partial charge in [-0.05, 0) is 41.5 Å². The predicted molar refractivity (Wildman–Crippen MR) is 102 cm³/mol. The van der Waals surface area contributed by atoms with Gasteiger partial charge in [-0.25, -0.2) is 5.11 Å². The highest BCUT2D eigenvalue weighted by Crippen LogP contribution is 2.35. The topological polar surface area (TPSA) is 57.2 Å². The van der Waals surface area contributed by atoms with Gasteiger partial charge in [-0.15, -0.1) is 0 Å². The van der Waals surface area contributed by atoms with E-state index in [2.05, 4.69) is 55.5 Å². The fourth-order valence-corrected chi connectivity index (χ4v) is 2.65. The minimum atomic E-state index is -0.711. The summed E-state index contributed by atoms with van der Waals surface area (Å²) in [5.74, 6) is -0.711.